The molecule has 2 rings (SSSR count). The van der Waals surface area contributed by atoms with Gasteiger partial charge in [0, 0.05) is 18.1 Å². The van der Waals surface area contributed by atoms with Gasteiger partial charge in [-0.25, -0.2) is 0 Å². The molecule has 1 aromatic rings. The van der Waals surface area contributed by atoms with Crippen molar-refractivity contribution in [2.75, 3.05) is 18.1 Å². The van der Waals surface area contributed by atoms with Crippen LogP contribution in [-0.4, -0.2) is 52.1 Å². The van der Waals surface area contributed by atoms with Gasteiger partial charge in [0.2, 0.25) is 0 Å². The molecule has 0 bridgehead atoms. The Bertz CT molecular complexity index is 554. The number of carboxylic acid groups (broad SMARTS) is 1. The summed E-state index contributed by atoms with van der Waals surface area (Å²) in [4.78, 5) is 25.2. The molecular formula is C15H18BrNO4S. The molecule has 2 atom stereocenters. The van der Waals surface area contributed by atoms with Gasteiger partial charge in [0.1, 0.15) is 5.75 Å². The minimum absolute atomic E-state index is 0.0273. The Labute approximate surface area is 142 Å². The van der Waals surface area contributed by atoms with E-state index in [0.717, 1.165) is 10.2 Å². The Balaban J connectivity index is 2.04. The SMILES string of the molecule is CC(Oc1ccccc1Br)C(=O)N1CCSCC1CC(=O)O. The maximum atomic E-state index is 12.6. The van der Waals surface area contributed by atoms with Gasteiger partial charge in [0.25, 0.3) is 5.91 Å². The van der Waals surface area contributed by atoms with Gasteiger partial charge >= 0.3 is 5.97 Å². The summed E-state index contributed by atoms with van der Waals surface area (Å²) < 4.78 is 6.50. The highest BCUT2D eigenvalue weighted by Crippen LogP contribution is 2.26. The molecule has 7 heteroatoms. The zero-order chi connectivity index (χ0) is 16.1. The van der Waals surface area contributed by atoms with Crippen molar-refractivity contribution in [2.24, 2.45) is 0 Å². The predicted octanol–water partition coefficient (Wildman–Crippen LogP) is 2.64. The van der Waals surface area contributed by atoms with Crippen LogP contribution >= 0.6 is 27.7 Å². The van der Waals surface area contributed by atoms with Gasteiger partial charge in [-0.3, -0.25) is 9.59 Å². The number of benzene rings is 1. The van der Waals surface area contributed by atoms with E-state index in [2.05, 4.69) is 15.9 Å². The number of aliphatic carboxylic acids is 1. The summed E-state index contributed by atoms with van der Waals surface area (Å²) in [6.45, 7) is 2.26. The molecule has 0 aromatic heterocycles. The molecule has 1 N–H and O–H groups in total. The van der Waals surface area contributed by atoms with Crippen molar-refractivity contribution in [2.45, 2.75) is 25.5 Å². The van der Waals surface area contributed by atoms with E-state index in [9.17, 15) is 9.59 Å². The van der Waals surface area contributed by atoms with Crippen LogP contribution in [0.3, 0.4) is 0 Å². The summed E-state index contributed by atoms with van der Waals surface area (Å²) in [5, 5.41) is 8.99. The van der Waals surface area contributed by atoms with Crippen molar-refractivity contribution in [3.05, 3.63) is 28.7 Å². The second kappa shape index (κ2) is 7.87. The first-order valence-electron chi connectivity index (χ1n) is 7.00. The quantitative estimate of drug-likeness (QED) is 0.840. The molecule has 1 aromatic carbocycles. The smallest absolute Gasteiger partial charge is 0.305 e. The topological polar surface area (TPSA) is 66.8 Å². The van der Waals surface area contributed by atoms with E-state index in [4.69, 9.17) is 9.84 Å². The highest BCUT2D eigenvalue weighted by molar-refractivity contribution is 9.10. The minimum atomic E-state index is -0.885. The van der Waals surface area contributed by atoms with Crippen molar-refractivity contribution in [3.63, 3.8) is 0 Å². The lowest BCUT2D eigenvalue weighted by Gasteiger charge is -2.36. The normalized spacial score (nSPS) is 19.5. The number of nitrogens with zero attached hydrogens (tertiary/aromatic N) is 1. The van der Waals surface area contributed by atoms with Gasteiger partial charge in [0.15, 0.2) is 6.10 Å². The molecule has 1 aliphatic rings. The third-order valence-electron chi connectivity index (χ3n) is 3.41. The van der Waals surface area contributed by atoms with Crippen LogP contribution in [0.2, 0.25) is 0 Å². The highest BCUT2D eigenvalue weighted by atomic mass is 79.9. The maximum Gasteiger partial charge on any atom is 0.305 e. The van der Waals surface area contributed by atoms with Crippen molar-refractivity contribution in [1.82, 2.24) is 4.90 Å². The molecule has 1 aliphatic heterocycles. The molecular weight excluding hydrogens is 370 g/mol. The molecule has 0 spiro atoms. The molecule has 2 unspecified atom stereocenters. The molecule has 0 saturated carbocycles. The number of para-hydroxylation sites is 1. The fourth-order valence-corrected chi connectivity index (χ4v) is 3.77. The van der Waals surface area contributed by atoms with Crippen LogP contribution < -0.4 is 4.74 Å². The number of ether oxygens (including phenoxy) is 1. The van der Waals surface area contributed by atoms with Gasteiger partial charge in [-0.2, -0.15) is 11.8 Å². The second-order valence-corrected chi connectivity index (χ2v) is 7.05. The highest BCUT2D eigenvalue weighted by Gasteiger charge is 2.32. The number of rotatable bonds is 5. The van der Waals surface area contributed by atoms with Crippen molar-refractivity contribution in [3.8, 4) is 5.75 Å². The van der Waals surface area contributed by atoms with Crippen molar-refractivity contribution in [1.29, 1.82) is 0 Å². The van der Waals surface area contributed by atoms with Gasteiger partial charge in [-0.1, -0.05) is 12.1 Å². The standard InChI is InChI=1S/C15H18BrNO4S/c1-10(21-13-5-3-2-4-12(13)16)15(20)17-6-7-22-9-11(17)8-14(18)19/h2-5,10-11H,6-9H2,1H3,(H,18,19). The van der Waals surface area contributed by atoms with Crippen molar-refractivity contribution >= 4 is 39.6 Å². The van der Waals surface area contributed by atoms with Crippen molar-refractivity contribution < 1.29 is 19.4 Å². The summed E-state index contributed by atoms with van der Waals surface area (Å²) in [6, 6.07) is 7.07. The zero-order valence-corrected chi connectivity index (χ0v) is 14.6. The Morgan fingerprint density at radius 2 is 2.23 bits per heavy atom. The van der Waals surface area contributed by atoms with Crippen LogP contribution in [0.15, 0.2) is 28.7 Å². The van der Waals surface area contributed by atoms with Crippen LogP contribution in [0.5, 0.6) is 5.75 Å². The number of halogens is 1. The van der Waals surface area contributed by atoms with Crippen LogP contribution in [-0.2, 0) is 9.59 Å². The number of thioether (sulfide) groups is 1. The Morgan fingerprint density at radius 1 is 1.50 bits per heavy atom. The molecule has 120 valence electrons. The number of hydrogen-bond acceptors (Lipinski definition) is 4. The van der Waals surface area contributed by atoms with Crippen LogP contribution in [0, 0.1) is 0 Å². The molecule has 1 saturated heterocycles. The molecule has 5 nitrogen and oxygen atoms in total. The number of amides is 1. The second-order valence-electron chi connectivity index (χ2n) is 5.05. The third kappa shape index (κ3) is 4.39. The largest absolute Gasteiger partial charge is 0.481 e. The van der Waals surface area contributed by atoms with Gasteiger partial charge in [-0.05, 0) is 35.0 Å². The van der Waals surface area contributed by atoms with Gasteiger partial charge < -0.3 is 14.7 Å². The van der Waals surface area contributed by atoms with E-state index in [0.29, 0.717) is 18.0 Å². The molecule has 1 amide bonds. The monoisotopic (exact) mass is 387 g/mol. The zero-order valence-electron chi connectivity index (χ0n) is 12.2. The maximum absolute atomic E-state index is 12.6. The van der Waals surface area contributed by atoms with Gasteiger partial charge in [-0.15, -0.1) is 0 Å². The Kier molecular flexibility index (Phi) is 6.14. The lowest BCUT2D eigenvalue weighted by atomic mass is 10.1. The van der Waals surface area contributed by atoms with E-state index >= 15 is 0 Å². The van der Waals surface area contributed by atoms with E-state index < -0.39 is 12.1 Å². The molecule has 1 heterocycles. The van der Waals surface area contributed by atoms with Crippen LogP contribution in [0.4, 0.5) is 0 Å². The number of carbonyl (C=O) groups excluding carboxylic acids is 1. The minimum Gasteiger partial charge on any atom is -0.481 e. The summed E-state index contributed by atoms with van der Waals surface area (Å²) in [5.41, 5.74) is 0. The average Bonchev–Trinajstić information content (AvgIpc) is 2.49. The Morgan fingerprint density at radius 3 is 2.91 bits per heavy atom. The van der Waals surface area contributed by atoms with E-state index in [1.54, 1.807) is 29.7 Å². The van der Waals surface area contributed by atoms with E-state index in [1.165, 1.54) is 0 Å². The molecule has 22 heavy (non-hydrogen) atoms. The number of hydrogen-bond donors (Lipinski definition) is 1. The third-order valence-corrected chi connectivity index (χ3v) is 5.16. The van der Waals surface area contributed by atoms with Crippen LogP contribution in [0.1, 0.15) is 13.3 Å². The average molecular weight is 388 g/mol. The van der Waals surface area contributed by atoms with E-state index in [-0.39, 0.29) is 18.4 Å². The Hall–Kier alpha value is -1.21. The summed E-state index contributed by atoms with van der Waals surface area (Å²) in [5.74, 6) is 1.03. The first-order chi connectivity index (χ1) is 10.5. The first kappa shape index (κ1) is 17.1. The van der Waals surface area contributed by atoms with E-state index in [1.807, 2.05) is 18.2 Å². The van der Waals surface area contributed by atoms with Gasteiger partial charge in [0.05, 0.1) is 16.9 Å². The number of carbonyl (C=O) groups is 2. The van der Waals surface area contributed by atoms with Crippen LogP contribution in [0.25, 0.3) is 0 Å². The lowest BCUT2D eigenvalue weighted by molar-refractivity contribution is -0.143. The predicted molar refractivity (Wildman–Crippen MR) is 89.3 cm³/mol. The first-order valence-corrected chi connectivity index (χ1v) is 8.95. The summed E-state index contributed by atoms with van der Waals surface area (Å²) in [7, 11) is 0. The fourth-order valence-electron chi connectivity index (χ4n) is 2.33. The molecule has 0 radical (unpaired) electrons. The molecule has 1 fully saturated rings. The summed E-state index contributed by atoms with van der Waals surface area (Å²) >= 11 is 5.06. The summed E-state index contributed by atoms with van der Waals surface area (Å²) in [6.07, 6.45) is -0.682. The fraction of sp³-hybridized carbons (Fsp3) is 0.467. The lowest BCUT2D eigenvalue weighted by Crippen LogP contribution is -2.51. The number of carboxylic acids is 1. The molecule has 0 aliphatic carbocycles.